The number of aromatic nitrogens is 2. The zero-order valence-electron chi connectivity index (χ0n) is 12.0. The minimum atomic E-state index is -0.0778. The largest absolute Gasteiger partial charge is 0.379 e. The Bertz CT molecular complexity index is 545. The Kier molecular flexibility index (Phi) is 3.76. The fourth-order valence-corrected chi connectivity index (χ4v) is 3.20. The smallest absolute Gasteiger partial charge is 0.291 e. The molecule has 0 aromatic carbocycles. The normalized spacial score (nSPS) is 21.1. The lowest BCUT2D eigenvalue weighted by atomic mass is 9.89. The number of anilines is 1. The van der Waals surface area contributed by atoms with Crippen LogP contribution in [-0.4, -0.2) is 16.3 Å². The van der Waals surface area contributed by atoms with Crippen molar-refractivity contribution in [1.29, 1.82) is 0 Å². The molecule has 20 heavy (non-hydrogen) atoms. The van der Waals surface area contributed by atoms with E-state index in [0.29, 0.717) is 22.0 Å². The predicted molar refractivity (Wildman–Crippen MR) is 81.3 cm³/mol. The summed E-state index contributed by atoms with van der Waals surface area (Å²) in [6.45, 7) is 3.82. The van der Waals surface area contributed by atoms with Gasteiger partial charge in [-0.15, -0.1) is 0 Å². The van der Waals surface area contributed by atoms with Crippen molar-refractivity contribution in [3.05, 3.63) is 21.6 Å². The molecule has 1 aromatic rings. The van der Waals surface area contributed by atoms with Crippen molar-refractivity contribution in [2.24, 2.45) is 11.3 Å². The summed E-state index contributed by atoms with van der Waals surface area (Å²) in [7, 11) is 0. The molecule has 0 saturated heterocycles. The highest BCUT2D eigenvalue weighted by Crippen LogP contribution is 2.37. The van der Waals surface area contributed by atoms with Crippen molar-refractivity contribution in [1.82, 2.24) is 9.78 Å². The Labute approximate surface area is 124 Å². The molecule has 2 aliphatic rings. The van der Waals surface area contributed by atoms with Gasteiger partial charge < -0.3 is 5.32 Å². The highest BCUT2D eigenvalue weighted by molar-refractivity contribution is 6.32. The molecule has 1 heterocycles. The van der Waals surface area contributed by atoms with Crippen molar-refractivity contribution < 1.29 is 0 Å². The van der Waals surface area contributed by atoms with E-state index in [1.54, 1.807) is 10.9 Å². The van der Waals surface area contributed by atoms with Gasteiger partial charge in [0.25, 0.3) is 5.56 Å². The summed E-state index contributed by atoms with van der Waals surface area (Å²) in [6, 6.07) is 0. The van der Waals surface area contributed by atoms with Crippen LogP contribution in [0.15, 0.2) is 11.0 Å². The van der Waals surface area contributed by atoms with Crippen LogP contribution in [0.25, 0.3) is 0 Å². The minimum Gasteiger partial charge on any atom is -0.379 e. The summed E-state index contributed by atoms with van der Waals surface area (Å²) in [5, 5.41) is 7.87. The molecule has 4 nitrogen and oxygen atoms in total. The summed E-state index contributed by atoms with van der Waals surface area (Å²) < 4.78 is 1.56. The second kappa shape index (κ2) is 5.40. The molecule has 3 rings (SSSR count). The Morgan fingerprint density at radius 1 is 1.45 bits per heavy atom. The number of hydrogen-bond acceptors (Lipinski definition) is 3. The molecule has 0 spiro atoms. The second-order valence-corrected chi connectivity index (χ2v) is 7.08. The Hall–Kier alpha value is -1.03. The number of nitrogens with one attached hydrogen (secondary N) is 1. The van der Waals surface area contributed by atoms with Crippen LogP contribution >= 0.6 is 11.6 Å². The first-order valence-corrected chi connectivity index (χ1v) is 7.95. The van der Waals surface area contributed by atoms with Gasteiger partial charge in [0.1, 0.15) is 5.69 Å². The third kappa shape index (κ3) is 3.00. The SMILES string of the molecule is CC1(CNc2c(Cl)cnn(CC3CC3)c2=O)CCCC1. The molecular formula is C15H22ClN3O. The zero-order valence-corrected chi connectivity index (χ0v) is 12.7. The fourth-order valence-electron chi connectivity index (χ4n) is 3.01. The molecule has 0 bridgehead atoms. The van der Waals surface area contributed by atoms with E-state index in [9.17, 15) is 4.79 Å². The Morgan fingerprint density at radius 3 is 2.80 bits per heavy atom. The quantitative estimate of drug-likeness (QED) is 0.906. The first-order chi connectivity index (χ1) is 9.57. The number of rotatable bonds is 5. The van der Waals surface area contributed by atoms with E-state index in [1.165, 1.54) is 38.5 Å². The van der Waals surface area contributed by atoms with E-state index in [4.69, 9.17) is 11.6 Å². The highest BCUT2D eigenvalue weighted by atomic mass is 35.5. The third-order valence-electron chi connectivity index (χ3n) is 4.63. The number of hydrogen-bond donors (Lipinski definition) is 1. The maximum absolute atomic E-state index is 12.4. The van der Waals surface area contributed by atoms with Gasteiger partial charge in [-0.3, -0.25) is 4.79 Å². The lowest BCUT2D eigenvalue weighted by Gasteiger charge is -2.24. The van der Waals surface area contributed by atoms with Gasteiger partial charge in [-0.1, -0.05) is 31.4 Å². The van der Waals surface area contributed by atoms with Crippen LogP contribution in [0.2, 0.25) is 5.02 Å². The van der Waals surface area contributed by atoms with Crippen LogP contribution in [0.3, 0.4) is 0 Å². The van der Waals surface area contributed by atoms with Crippen molar-refractivity contribution in [2.75, 3.05) is 11.9 Å². The molecule has 110 valence electrons. The zero-order chi connectivity index (χ0) is 14.2. The summed E-state index contributed by atoms with van der Waals surface area (Å²) in [4.78, 5) is 12.4. The van der Waals surface area contributed by atoms with Crippen LogP contribution in [-0.2, 0) is 6.54 Å². The molecule has 2 saturated carbocycles. The van der Waals surface area contributed by atoms with Gasteiger partial charge in [-0.2, -0.15) is 5.10 Å². The molecule has 5 heteroatoms. The molecular weight excluding hydrogens is 274 g/mol. The summed E-state index contributed by atoms with van der Waals surface area (Å²) >= 11 is 6.15. The highest BCUT2D eigenvalue weighted by Gasteiger charge is 2.29. The molecule has 2 aliphatic carbocycles. The molecule has 0 atom stereocenters. The van der Waals surface area contributed by atoms with Crippen molar-refractivity contribution in [2.45, 2.75) is 52.0 Å². The molecule has 0 aliphatic heterocycles. The average Bonchev–Trinajstić information content (AvgIpc) is 3.13. The van der Waals surface area contributed by atoms with Gasteiger partial charge in [0.2, 0.25) is 0 Å². The number of halogens is 1. The maximum atomic E-state index is 12.4. The van der Waals surface area contributed by atoms with E-state index >= 15 is 0 Å². The van der Waals surface area contributed by atoms with Crippen molar-refractivity contribution >= 4 is 17.3 Å². The minimum absolute atomic E-state index is 0.0778. The molecule has 0 unspecified atom stereocenters. The molecule has 2 fully saturated rings. The van der Waals surface area contributed by atoms with Crippen LogP contribution in [0.4, 0.5) is 5.69 Å². The lowest BCUT2D eigenvalue weighted by Crippen LogP contribution is -2.30. The summed E-state index contributed by atoms with van der Waals surface area (Å²) in [5.41, 5.74) is 0.738. The van der Waals surface area contributed by atoms with E-state index < -0.39 is 0 Å². The topological polar surface area (TPSA) is 46.9 Å². The van der Waals surface area contributed by atoms with Gasteiger partial charge in [0.15, 0.2) is 0 Å². The standard InChI is InChI=1S/C15H22ClN3O/c1-15(6-2-3-7-15)10-17-13-12(16)8-18-19(14(13)20)9-11-4-5-11/h8,11,17H,2-7,9-10H2,1H3. The third-order valence-corrected chi connectivity index (χ3v) is 4.91. The van der Waals surface area contributed by atoms with Crippen LogP contribution in [0.5, 0.6) is 0 Å². The summed E-state index contributed by atoms with van der Waals surface area (Å²) in [5.74, 6) is 0.626. The van der Waals surface area contributed by atoms with Gasteiger partial charge >= 0.3 is 0 Å². The van der Waals surface area contributed by atoms with Gasteiger partial charge in [0.05, 0.1) is 11.2 Å². The second-order valence-electron chi connectivity index (χ2n) is 6.67. The van der Waals surface area contributed by atoms with Gasteiger partial charge in [-0.25, -0.2) is 4.68 Å². The Balaban J connectivity index is 1.75. The molecule has 1 aromatic heterocycles. The lowest BCUT2D eigenvalue weighted by molar-refractivity contribution is 0.361. The van der Waals surface area contributed by atoms with Gasteiger partial charge in [0, 0.05) is 13.1 Å². The van der Waals surface area contributed by atoms with E-state index in [0.717, 1.165) is 13.1 Å². The van der Waals surface area contributed by atoms with E-state index in [1.807, 2.05) is 0 Å². The maximum Gasteiger partial charge on any atom is 0.291 e. The Morgan fingerprint density at radius 2 is 2.15 bits per heavy atom. The first kappa shape index (κ1) is 13.9. The molecule has 0 radical (unpaired) electrons. The first-order valence-electron chi connectivity index (χ1n) is 7.57. The van der Waals surface area contributed by atoms with Gasteiger partial charge in [-0.05, 0) is 37.0 Å². The summed E-state index contributed by atoms with van der Waals surface area (Å²) in [6.07, 6.45) is 9.01. The predicted octanol–water partition coefficient (Wildman–Crippen LogP) is 3.30. The monoisotopic (exact) mass is 295 g/mol. The van der Waals surface area contributed by atoms with Crippen LogP contribution in [0.1, 0.15) is 45.4 Å². The molecule has 1 N–H and O–H groups in total. The van der Waals surface area contributed by atoms with Crippen LogP contribution < -0.4 is 10.9 Å². The van der Waals surface area contributed by atoms with Crippen molar-refractivity contribution in [3.63, 3.8) is 0 Å². The van der Waals surface area contributed by atoms with Crippen LogP contribution in [0, 0.1) is 11.3 Å². The average molecular weight is 296 g/mol. The van der Waals surface area contributed by atoms with Crippen molar-refractivity contribution in [3.8, 4) is 0 Å². The fraction of sp³-hybridized carbons (Fsp3) is 0.733. The molecule has 0 amide bonds. The van der Waals surface area contributed by atoms with E-state index in [-0.39, 0.29) is 5.56 Å². The number of nitrogens with zero attached hydrogens (tertiary/aromatic N) is 2. The van der Waals surface area contributed by atoms with E-state index in [2.05, 4.69) is 17.3 Å².